The van der Waals surface area contributed by atoms with Gasteiger partial charge in [-0.3, -0.25) is 9.79 Å². The highest BCUT2D eigenvalue weighted by Crippen LogP contribution is 2.37. The summed E-state index contributed by atoms with van der Waals surface area (Å²) in [6, 6.07) is 10.3. The van der Waals surface area contributed by atoms with Crippen LogP contribution in [0.5, 0.6) is 0 Å². The van der Waals surface area contributed by atoms with Crippen molar-refractivity contribution in [1.29, 1.82) is 0 Å². The van der Waals surface area contributed by atoms with Crippen molar-refractivity contribution in [3.8, 4) is 0 Å². The van der Waals surface area contributed by atoms with E-state index < -0.39 is 0 Å². The third kappa shape index (κ3) is 3.55. The zero-order valence-electron chi connectivity index (χ0n) is 14.7. The molecular formula is C19H28N4O. The summed E-state index contributed by atoms with van der Waals surface area (Å²) in [5.41, 5.74) is 7.40. The lowest BCUT2D eigenvalue weighted by Crippen LogP contribution is -2.43. The second-order valence-electron chi connectivity index (χ2n) is 7.22. The molecule has 130 valence electrons. The van der Waals surface area contributed by atoms with E-state index >= 15 is 0 Å². The molecule has 1 aromatic carbocycles. The summed E-state index contributed by atoms with van der Waals surface area (Å²) in [6.45, 7) is 4.84. The molecule has 3 unspecified atom stereocenters. The van der Waals surface area contributed by atoms with Crippen LogP contribution in [0.1, 0.15) is 37.8 Å². The van der Waals surface area contributed by atoms with E-state index in [-0.39, 0.29) is 17.9 Å². The number of hydrogen-bond donors (Lipinski definition) is 1. The minimum absolute atomic E-state index is 0.0931. The summed E-state index contributed by atoms with van der Waals surface area (Å²) in [5.74, 6) is 1.68. The molecule has 1 amide bonds. The van der Waals surface area contributed by atoms with Crippen LogP contribution in [0.3, 0.4) is 0 Å². The Morgan fingerprint density at radius 3 is 2.79 bits per heavy atom. The standard InChI is InChI=1S/C19H28N4O/c1-14-7-6-10-23(13-14)19(20)21-12-16-11-17(24)22(2)18(16)15-8-4-3-5-9-15/h3-5,8-9,14,16,18H,6-7,10-13H2,1-2H3,(H2,20,21). The highest BCUT2D eigenvalue weighted by molar-refractivity contribution is 5.80. The molecule has 2 heterocycles. The molecule has 0 aromatic heterocycles. The Balaban J connectivity index is 1.70. The molecule has 24 heavy (non-hydrogen) atoms. The van der Waals surface area contributed by atoms with Crippen molar-refractivity contribution in [2.75, 3.05) is 26.7 Å². The number of aliphatic imine (C=N–C) groups is 1. The van der Waals surface area contributed by atoms with Gasteiger partial charge in [0.25, 0.3) is 0 Å². The topological polar surface area (TPSA) is 61.9 Å². The van der Waals surface area contributed by atoms with Crippen molar-refractivity contribution in [1.82, 2.24) is 9.80 Å². The van der Waals surface area contributed by atoms with Gasteiger partial charge in [-0.1, -0.05) is 37.3 Å². The molecule has 0 saturated carbocycles. The fourth-order valence-corrected chi connectivity index (χ4v) is 3.97. The number of carbonyl (C=O) groups excluding carboxylic acids is 1. The number of benzene rings is 1. The molecule has 3 atom stereocenters. The minimum Gasteiger partial charge on any atom is -0.370 e. The Hall–Kier alpha value is -2.04. The first-order valence-electron chi connectivity index (χ1n) is 8.91. The minimum atomic E-state index is 0.0931. The summed E-state index contributed by atoms with van der Waals surface area (Å²) < 4.78 is 0. The molecule has 2 aliphatic rings. The van der Waals surface area contributed by atoms with Crippen molar-refractivity contribution < 1.29 is 4.79 Å². The molecule has 5 nitrogen and oxygen atoms in total. The third-order valence-corrected chi connectivity index (χ3v) is 5.30. The van der Waals surface area contributed by atoms with Crippen molar-refractivity contribution in [3.63, 3.8) is 0 Å². The number of nitrogens with two attached hydrogens (primary N) is 1. The van der Waals surface area contributed by atoms with Gasteiger partial charge in [-0.15, -0.1) is 0 Å². The quantitative estimate of drug-likeness (QED) is 0.684. The van der Waals surface area contributed by atoms with Crippen LogP contribution in [-0.4, -0.2) is 48.3 Å². The van der Waals surface area contributed by atoms with Gasteiger partial charge >= 0.3 is 0 Å². The van der Waals surface area contributed by atoms with Crippen LogP contribution >= 0.6 is 0 Å². The monoisotopic (exact) mass is 328 g/mol. The predicted octanol–water partition coefficient (Wildman–Crippen LogP) is 2.25. The second kappa shape index (κ2) is 7.24. The SMILES string of the molecule is CC1CCCN(C(N)=NCC2CC(=O)N(C)C2c2ccccc2)C1. The summed E-state index contributed by atoms with van der Waals surface area (Å²) in [5, 5.41) is 0. The van der Waals surface area contributed by atoms with Crippen molar-refractivity contribution in [2.45, 2.75) is 32.2 Å². The number of carbonyl (C=O) groups is 1. The van der Waals surface area contributed by atoms with Gasteiger partial charge in [-0.25, -0.2) is 0 Å². The summed E-state index contributed by atoms with van der Waals surface area (Å²) >= 11 is 0. The smallest absolute Gasteiger partial charge is 0.223 e. The van der Waals surface area contributed by atoms with Crippen LogP contribution in [0.4, 0.5) is 0 Å². The molecule has 2 N–H and O–H groups in total. The van der Waals surface area contributed by atoms with Crippen LogP contribution in [0.2, 0.25) is 0 Å². The van der Waals surface area contributed by atoms with Crippen LogP contribution in [0.15, 0.2) is 35.3 Å². The van der Waals surface area contributed by atoms with Crippen molar-refractivity contribution in [3.05, 3.63) is 35.9 Å². The maximum atomic E-state index is 12.2. The van der Waals surface area contributed by atoms with Crippen LogP contribution in [0.25, 0.3) is 0 Å². The molecule has 3 rings (SSSR count). The van der Waals surface area contributed by atoms with E-state index in [9.17, 15) is 4.79 Å². The molecule has 5 heteroatoms. The fourth-order valence-electron chi connectivity index (χ4n) is 3.97. The fraction of sp³-hybridized carbons (Fsp3) is 0.579. The first-order valence-corrected chi connectivity index (χ1v) is 8.91. The van der Waals surface area contributed by atoms with Gasteiger partial charge < -0.3 is 15.5 Å². The maximum Gasteiger partial charge on any atom is 0.223 e. The Morgan fingerprint density at radius 1 is 1.33 bits per heavy atom. The molecule has 2 aliphatic heterocycles. The highest BCUT2D eigenvalue weighted by atomic mass is 16.2. The normalized spacial score (nSPS) is 28.5. The first-order chi connectivity index (χ1) is 11.6. The zero-order chi connectivity index (χ0) is 17.1. The van der Waals surface area contributed by atoms with E-state index in [1.54, 1.807) is 0 Å². The van der Waals surface area contributed by atoms with Crippen molar-refractivity contribution >= 4 is 11.9 Å². The number of nitrogens with zero attached hydrogens (tertiary/aromatic N) is 3. The Labute approximate surface area is 144 Å². The number of hydrogen-bond acceptors (Lipinski definition) is 2. The molecular weight excluding hydrogens is 300 g/mol. The molecule has 1 aromatic rings. The summed E-state index contributed by atoms with van der Waals surface area (Å²) in [4.78, 5) is 20.9. The number of likely N-dealkylation sites (tertiary alicyclic amines) is 2. The van der Waals surface area contributed by atoms with Gasteiger partial charge in [0.2, 0.25) is 5.91 Å². The van der Waals surface area contributed by atoms with E-state index in [2.05, 4.69) is 28.9 Å². The van der Waals surface area contributed by atoms with E-state index in [0.717, 1.165) is 13.1 Å². The maximum absolute atomic E-state index is 12.2. The second-order valence-corrected chi connectivity index (χ2v) is 7.22. The highest BCUT2D eigenvalue weighted by Gasteiger charge is 2.38. The zero-order valence-corrected chi connectivity index (χ0v) is 14.7. The number of piperidine rings is 1. The van der Waals surface area contributed by atoms with Crippen LogP contribution in [-0.2, 0) is 4.79 Å². The van der Waals surface area contributed by atoms with E-state index in [4.69, 9.17) is 5.73 Å². The molecule has 0 spiro atoms. The van der Waals surface area contributed by atoms with Crippen LogP contribution < -0.4 is 5.73 Å². The van der Waals surface area contributed by atoms with Gasteiger partial charge in [0, 0.05) is 39.0 Å². The Kier molecular flexibility index (Phi) is 5.07. The van der Waals surface area contributed by atoms with Crippen molar-refractivity contribution in [2.24, 2.45) is 22.6 Å². The number of amides is 1. The Bertz CT molecular complexity index is 601. The Morgan fingerprint density at radius 2 is 2.08 bits per heavy atom. The van der Waals surface area contributed by atoms with Gasteiger partial charge in [0.1, 0.15) is 0 Å². The van der Waals surface area contributed by atoms with Gasteiger partial charge in [0.15, 0.2) is 5.96 Å². The molecule has 2 fully saturated rings. The summed E-state index contributed by atoms with van der Waals surface area (Å²) in [7, 11) is 1.89. The van der Waals surface area contributed by atoms with E-state index in [1.165, 1.54) is 18.4 Å². The lowest BCUT2D eigenvalue weighted by atomic mass is 9.94. The number of guanidine groups is 1. The number of rotatable bonds is 3. The van der Waals surface area contributed by atoms with Crippen LogP contribution in [0, 0.1) is 11.8 Å². The van der Waals surface area contributed by atoms with Gasteiger partial charge in [-0.05, 0) is 24.3 Å². The summed E-state index contributed by atoms with van der Waals surface area (Å²) in [6.07, 6.45) is 2.99. The van der Waals surface area contributed by atoms with Gasteiger partial charge in [-0.2, -0.15) is 0 Å². The van der Waals surface area contributed by atoms with E-state index in [1.807, 2.05) is 30.1 Å². The first kappa shape index (κ1) is 16.8. The molecule has 0 bridgehead atoms. The predicted molar refractivity (Wildman–Crippen MR) is 96.5 cm³/mol. The molecule has 0 aliphatic carbocycles. The lowest BCUT2D eigenvalue weighted by molar-refractivity contribution is -0.127. The largest absolute Gasteiger partial charge is 0.370 e. The average molecular weight is 328 g/mol. The lowest BCUT2D eigenvalue weighted by Gasteiger charge is -2.32. The molecule has 2 saturated heterocycles. The van der Waals surface area contributed by atoms with Gasteiger partial charge in [0.05, 0.1) is 6.04 Å². The van der Waals surface area contributed by atoms with E-state index in [0.29, 0.717) is 24.8 Å². The molecule has 0 radical (unpaired) electrons. The average Bonchev–Trinajstić information content (AvgIpc) is 2.88. The third-order valence-electron chi connectivity index (χ3n) is 5.30.